The molecule has 2 aromatic rings. The van der Waals surface area contributed by atoms with E-state index in [2.05, 4.69) is 14.9 Å². The number of hydrogen-bond donors (Lipinski definition) is 1. The summed E-state index contributed by atoms with van der Waals surface area (Å²) in [6.07, 6.45) is 1.42. The molecule has 1 N–H and O–H groups in total. The minimum Gasteiger partial charge on any atom is -0.490 e. The van der Waals surface area contributed by atoms with Gasteiger partial charge in [0, 0.05) is 6.54 Å². The Morgan fingerprint density at radius 2 is 1.92 bits per heavy atom. The van der Waals surface area contributed by atoms with Crippen LogP contribution in [0.1, 0.15) is 41.7 Å². The number of hydrogen-bond acceptors (Lipinski definition) is 6. The Morgan fingerprint density at radius 1 is 1.17 bits per heavy atom. The van der Waals surface area contributed by atoms with Gasteiger partial charge in [-0.15, -0.1) is 5.10 Å². The third-order valence-electron chi connectivity index (χ3n) is 3.40. The number of amides is 1. The van der Waals surface area contributed by atoms with Crippen LogP contribution >= 0.6 is 11.5 Å². The van der Waals surface area contributed by atoms with E-state index in [-0.39, 0.29) is 5.91 Å². The number of benzene rings is 1. The average molecular weight is 349 g/mol. The molecule has 0 fully saturated rings. The first-order chi connectivity index (χ1) is 11.7. The first-order valence-corrected chi connectivity index (χ1v) is 8.94. The van der Waals surface area contributed by atoms with Gasteiger partial charge in [-0.25, -0.2) is 0 Å². The van der Waals surface area contributed by atoms with E-state index in [1.807, 2.05) is 39.0 Å². The average Bonchev–Trinajstić information content (AvgIpc) is 3.06. The third-order valence-corrected chi connectivity index (χ3v) is 4.17. The Morgan fingerprint density at radius 3 is 2.62 bits per heavy atom. The van der Waals surface area contributed by atoms with Crippen LogP contribution in [-0.4, -0.2) is 35.3 Å². The molecule has 24 heavy (non-hydrogen) atoms. The number of ether oxygens (including phenoxy) is 2. The molecule has 0 saturated heterocycles. The zero-order chi connectivity index (χ0) is 17.4. The van der Waals surface area contributed by atoms with Crippen LogP contribution in [0.5, 0.6) is 11.5 Å². The van der Waals surface area contributed by atoms with E-state index in [4.69, 9.17) is 9.47 Å². The van der Waals surface area contributed by atoms with E-state index < -0.39 is 0 Å². The number of aryl methyl sites for hydroxylation is 1. The van der Waals surface area contributed by atoms with Crippen molar-refractivity contribution in [2.24, 2.45) is 0 Å². The van der Waals surface area contributed by atoms with Crippen LogP contribution in [-0.2, 0) is 12.8 Å². The summed E-state index contributed by atoms with van der Waals surface area (Å²) in [6, 6.07) is 5.87. The monoisotopic (exact) mass is 349 g/mol. The highest BCUT2D eigenvalue weighted by Gasteiger charge is 2.14. The predicted octanol–water partition coefficient (Wildman–Crippen LogP) is 2.87. The van der Waals surface area contributed by atoms with Crippen molar-refractivity contribution in [2.45, 2.75) is 33.6 Å². The van der Waals surface area contributed by atoms with Gasteiger partial charge >= 0.3 is 0 Å². The van der Waals surface area contributed by atoms with Crippen LogP contribution in [0.25, 0.3) is 0 Å². The molecule has 7 heteroatoms. The molecule has 0 atom stereocenters. The molecule has 2 rings (SSSR count). The van der Waals surface area contributed by atoms with Crippen LogP contribution < -0.4 is 14.8 Å². The maximum atomic E-state index is 12.2. The number of carbonyl (C=O) groups excluding carboxylic acids is 1. The SMILES string of the molecule is CCOc1ccc(CCNC(=O)c2snnc2CC)cc1OCC. The Balaban J connectivity index is 1.94. The van der Waals surface area contributed by atoms with E-state index >= 15 is 0 Å². The fourth-order valence-electron chi connectivity index (χ4n) is 2.26. The molecule has 0 bridgehead atoms. The van der Waals surface area contributed by atoms with E-state index in [9.17, 15) is 4.79 Å². The third kappa shape index (κ3) is 4.67. The Hall–Kier alpha value is -2.15. The number of rotatable bonds is 9. The summed E-state index contributed by atoms with van der Waals surface area (Å²) in [5.41, 5.74) is 1.83. The maximum absolute atomic E-state index is 12.2. The normalized spacial score (nSPS) is 10.5. The van der Waals surface area contributed by atoms with Gasteiger partial charge in [-0.05, 0) is 55.9 Å². The summed E-state index contributed by atoms with van der Waals surface area (Å²) in [5.74, 6) is 1.37. The lowest BCUT2D eigenvalue weighted by molar-refractivity contribution is 0.0957. The highest BCUT2D eigenvalue weighted by atomic mass is 32.1. The van der Waals surface area contributed by atoms with Crippen LogP contribution in [0.15, 0.2) is 18.2 Å². The van der Waals surface area contributed by atoms with Crippen molar-refractivity contribution in [1.82, 2.24) is 14.9 Å². The molecule has 130 valence electrons. The second-order valence-corrected chi connectivity index (χ2v) is 5.81. The lowest BCUT2D eigenvalue weighted by Gasteiger charge is -2.12. The number of aromatic nitrogens is 2. The molecule has 0 unspecified atom stereocenters. The van der Waals surface area contributed by atoms with Gasteiger partial charge in [0.05, 0.1) is 18.9 Å². The quantitative estimate of drug-likeness (QED) is 0.753. The van der Waals surface area contributed by atoms with Gasteiger partial charge in [-0.2, -0.15) is 0 Å². The summed E-state index contributed by atoms with van der Waals surface area (Å²) in [7, 11) is 0. The fraction of sp³-hybridized carbons (Fsp3) is 0.471. The minimum atomic E-state index is -0.113. The van der Waals surface area contributed by atoms with Gasteiger partial charge in [-0.3, -0.25) is 4.79 Å². The summed E-state index contributed by atoms with van der Waals surface area (Å²) in [6.45, 7) is 7.56. The van der Waals surface area contributed by atoms with Gasteiger partial charge in [-0.1, -0.05) is 17.5 Å². The molecule has 1 aromatic heterocycles. The molecule has 6 nitrogen and oxygen atoms in total. The summed E-state index contributed by atoms with van der Waals surface area (Å²) >= 11 is 1.14. The van der Waals surface area contributed by atoms with Gasteiger partial charge in [0.2, 0.25) is 0 Å². The van der Waals surface area contributed by atoms with Gasteiger partial charge in [0.25, 0.3) is 5.91 Å². The molecule has 1 amide bonds. The van der Waals surface area contributed by atoms with Crippen LogP contribution in [0.3, 0.4) is 0 Å². The Labute approximate surface area is 146 Å². The summed E-state index contributed by atoms with van der Waals surface area (Å²) in [5, 5.41) is 6.88. The number of nitrogens with one attached hydrogen (secondary N) is 1. The van der Waals surface area contributed by atoms with Crippen molar-refractivity contribution in [1.29, 1.82) is 0 Å². The first kappa shape index (κ1) is 18.2. The summed E-state index contributed by atoms with van der Waals surface area (Å²) < 4.78 is 15.0. The molecular formula is C17H23N3O3S. The first-order valence-electron chi connectivity index (χ1n) is 8.17. The van der Waals surface area contributed by atoms with Crippen LogP contribution in [0, 0.1) is 0 Å². The fourth-order valence-corrected chi connectivity index (χ4v) is 2.93. The van der Waals surface area contributed by atoms with E-state index in [0.29, 0.717) is 37.5 Å². The highest BCUT2D eigenvalue weighted by molar-refractivity contribution is 7.08. The predicted molar refractivity (Wildman–Crippen MR) is 94.1 cm³/mol. The van der Waals surface area contributed by atoms with Gasteiger partial charge in [0.1, 0.15) is 4.88 Å². The zero-order valence-electron chi connectivity index (χ0n) is 14.3. The molecule has 0 aliphatic heterocycles. The second-order valence-electron chi connectivity index (χ2n) is 5.06. The lowest BCUT2D eigenvalue weighted by Crippen LogP contribution is -2.25. The zero-order valence-corrected chi connectivity index (χ0v) is 15.1. The summed E-state index contributed by atoms with van der Waals surface area (Å²) in [4.78, 5) is 12.8. The molecule has 0 aliphatic rings. The highest BCUT2D eigenvalue weighted by Crippen LogP contribution is 2.28. The van der Waals surface area contributed by atoms with Crippen molar-refractivity contribution >= 4 is 17.4 Å². The molecular weight excluding hydrogens is 326 g/mol. The number of nitrogens with zero attached hydrogens (tertiary/aromatic N) is 2. The van der Waals surface area contributed by atoms with Crippen molar-refractivity contribution in [3.05, 3.63) is 34.3 Å². The Bertz CT molecular complexity index is 673. The molecule has 0 aliphatic carbocycles. The molecule has 0 saturated carbocycles. The standard InChI is InChI=1S/C17H23N3O3S/c1-4-13-16(24-20-19-13)17(21)18-10-9-12-7-8-14(22-5-2)15(11-12)23-6-3/h7-8,11H,4-6,9-10H2,1-3H3,(H,18,21). The van der Waals surface area contributed by atoms with Crippen molar-refractivity contribution in [3.8, 4) is 11.5 Å². The van der Waals surface area contributed by atoms with Crippen molar-refractivity contribution in [2.75, 3.05) is 19.8 Å². The molecule has 0 radical (unpaired) electrons. The van der Waals surface area contributed by atoms with Gasteiger partial charge in [0.15, 0.2) is 11.5 Å². The van der Waals surface area contributed by atoms with Crippen molar-refractivity contribution in [3.63, 3.8) is 0 Å². The second kappa shape index (κ2) is 9.22. The lowest BCUT2D eigenvalue weighted by atomic mass is 10.1. The smallest absolute Gasteiger partial charge is 0.264 e. The molecule has 1 aromatic carbocycles. The molecule has 0 spiro atoms. The van der Waals surface area contributed by atoms with Gasteiger partial charge < -0.3 is 14.8 Å². The number of carbonyl (C=O) groups is 1. The largest absolute Gasteiger partial charge is 0.490 e. The molecule has 1 heterocycles. The van der Waals surface area contributed by atoms with E-state index in [0.717, 1.165) is 34.3 Å². The maximum Gasteiger partial charge on any atom is 0.264 e. The van der Waals surface area contributed by atoms with E-state index in [1.165, 1.54) is 0 Å². The van der Waals surface area contributed by atoms with Crippen molar-refractivity contribution < 1.29 is 14.3 Å². The van der Waals surface area contributed by atoms with Crippen LogP contribution in [0.2, 0.25) is 0 Å². The Kier molecular flexibility index (Phi) is 6.99. The van der Waals surface area contributed by atoms with Crippen LogP contribution in [0.4, 0.5) is 0 Å². The van der Waals surface area contributed by atoms with E-state index in [1.54, 1.807) is 0 Å². The topological polar surface area (TPSA) is 73.3 Å². The minimum absolute atomic E-state index is 0.113.